The normalized spacial score (nSPS) is 12.1. The first-order chi connectivity index (χ1) is 25.3. The molecule has 0 spiro atoms. The van der Waals surface area contributed by atoms with E-state index in [1.165, 1.54) is 31.9 Å². The van der Waals surface area contributed by atoms with Gasteiger partial charge in [-0.1, -0.05) is 34.6 Å². The van der Waals surface area contributed by atoms with Crippen molar-refractivity contribution in [3.63, 3.8) is 0 Å². The first-order valence-corrected chi connectivity index (χ1v) is 23.8. The molecular formula is C49H49BiN2O. The van der Waals surface area contributed by atoms with Gasteiger partial charge in [0.1, 0.15) is 0 Å². The zero-order valence-corrected chi connectivity index (χ0v) is 35.7. The second-order valence-electron chi connectivity index (χ2n) is 16.3. The molecule has 0 radical (unpaired) electrons. The molecule has 0 aliphatic rings. The number of ether oxygens (including phenoxy) is 1. The van der Waals surface area contributed by atoms with Crippen LogP contribution < -0.4 is 14.6 Å². The van der Waals surface area contributed by atoms with Gasteiger partial charge in [-0.2, -0.15) is 0 Å². The van der Waals surface area contributed by atoms with Gasteiger partial charge < -0.3 is 0 Å². The van der Waals surface area contributed by atoms with Gasteiger partial charge in [-0.25, -0.2) is 0 Å². The fraction of sp³-hybridized carbons (Fsp3) is 0.224. The molecule has 5 aromatic carbocycles. The molecule has 0 aliphatic carbocycles. The van der Waals surface area contributed by atoms with Crippen LogP contribution in [-0.4, -0.2) is 31.7 Å². The average Bonchev–Trinajstić information content (AvgIpc) is 3.14. The van der Waals surface area contributed by atoms with Gasteiger partial charge in [-0.15, -0.1) is 0 Å². The summed E-state index contributed by atoms with van der Waals surface area (Å²) < 4.78 is 11.3. The van der Waals surface area contributed by atoms with Gasteiger partial charge in [-0.05, 0) is 35.1 Å². The Bertz CT molecular complexity index is 2330. The molecule has 4 heteroatoms. The topological polar surface area (TPSA) is 35.0 Å². The third-order valence-electron chi connectivity index (χ3n) is 9.84. The summed E-state index contributed by atoms with van der Waals surface area (Å²) in [5.74, 6) is 2.02. The van der Waals surface area contributed by atoms with Gasteiger partial charge in [0.2, 0.25) is 0 Å². The van der Waals surface area contributed by atoms with E-state index in [-0.39, 0.29) is 10.8 Å². The van der Waals surface area contributed by atoms with E-state index in [2.05, 4.69) is 189 Å². The molecule has 0 saturated carbocycles. The van der Waals surface area contributed by atoms with E-state index >= 15 is 0 Å². The number of pyridine rings is 2. The molecule has 0 fully saturated rings. The van der Waals surface area contributed by atoms with Gasteiger partial charge in [0.25, 0.3) is 0 Å². The minimum Gasteiger partial charge on any atom is -0.0561 e. The Kier molecular flexibility index (Phi) is 10.4. The molecular weight excluding hydrogens is 842 g/mol. The molecule has 2 heterocycles. The monoisotopic (exact) mass is 890 g/mol. The van der Waals surface area contributed by atoms with E-state index in [9.17, 15) is 0 Å². The van der Waals surface area contributed by atoms with Crippen molar-refractivity contribution in [2.24, 2.45) is 0 Å². The van der Waals surface area contributed by atoms with Crippen molar-refractivity contribution in [3.8, 4) is 34.0 Å². The van der Waals surface area contributed by atoms with Gasteiger partial charge in [0, 0.05) is 6.20 Å². The second-order valence-corrected chi connectivity index (χ2v) is 24.9. The summed E-state index contributed by atoms with van der Waals surface area (Å²) in [6, 6.07) is 48.9. The Labute approximate surface area is 323 Å². The van der Waals surface area contributed by atoms with E-state index in [0.717, 1.165) is 39.4 Å². The molecule has 0 unspecified atom stereocenters. The predicted octanol–water partition coefficient (Wildman–Crippen LogP) is 11.0. The fourth-order valence-electron chi connectivity index (χ4n) is 6.70. The number of benzene rings is 5. The standard InChI is InChI=1S/C37H39N2O.2C6H5.Bi/c1-24(2)26-14-15-38-34(21-26)27-17-29(36(3,4)5)22-31(19-27)40-32-20-28(18-30(23-32)37(6,7)8)35-33-12-10-9-11-25(33)13-16-39-35;2*1-2-4-6-5-3-1;/h10-24H,1-8H3;2*1-5H;. The van der Waals surface area contributed by atoms with Crippen LogP contribution in [0.3, 0.4) is 0 Å². The number of hydrogen-bond donors (Lipinski definition) is 0. The van der Waals surface area contributed by atoms with Gasteiger partial charge in [-0.3, -0.25) is 4.98 Å². The van der Waals surface area contributed by atoms with Crippen LogP contribution in [0.4, 0.5) is 0 Å². The summed E-state index contributed by atoms with van der Waals surface area (Å²) in [6.07, 6.45) is 3.87. The molecule has 0 saturated heterocycles. The van der Waals surface area contributed by atoms with E-state index in [1.807, 2.05) is 12.4 Å². The van der Waals surface area contributed by atoms with Crippen LogP contribution in [0.15, 0.2) is 146 Å². The fourth-order valence-corrected chi connectivity index (χ4v) is 15.7. The zero-order chi connectivity index (χ0) is 37.3. The molecule has 0 aliphatic heterocycles. The maximum atomic E-state index is 6.87. The number of hydrogen-bond acceptors (Lipinski definition) is 3. The van der Waals surface area contributed by atoms with Crippen LogP contribution in [0.25, 0.3) is 33.3 Å². The van der Waals surface area contributed by atoms with E-state index in [1.54, 1.807) is 0 Å². The summed E-state index contributed by atoms with van der Waals surface area (Å²) in [5, 5.41) is 2.35. The van der Waals surface area contributed by atoms with Crippen molar-refractivity contribution in [1.29, 1.82) is 0 Å². The first-order valence-electron chi connectivity index (χ1n) is 18.6. The van der Waals surface area contributed by atoms with Crippen molar-refractivity contribution in [2.45, 2.75) is 72.1 Å². The van der Waals surface area contributed by atoms with Crippen molar-refractivity contribution in [2.75, 3.05) is 0 Å². The molecule has 0 bridgehead atoms. The maximum absolute atomic E-state index is 6.87. The molecule has 0 N–H and O–H groups in total. The van der Waals surface area contributed by atoms with E-state index in [0.29, 0.717) is 5.92 Å². The van der Waals surface area contributed by atoms with Crippen LogP contribution in [-0.2, 0) is 10.8 Å². The van der Waals surface area contributed by atoms with Gasteiger partial charge in [0.05, 0.1) is 5.69 Å². The molecule has 53 heavy (non-hydrogen) atoms. The molecule has 0 atom stereocenters. The van der Waals surface area contributed by atoms with Gasteiger partial charge >= 0.3 is 239 Å². The summed E-state index contributed by atoms with van der Waals surface area (Å²) in [6.45, 7) is 17.9. The Morgan fingerprint density at radius 1 is 0.528 bits per heavy atom. The number of rotatable bonds is 8. The third kappa shape index (κ3) is 8.29. The van der Waals surface area contributed by atoms with Crippen LogP contribution >= 0.6 is 0 Å². The summed E-state index contributed by atoms with van der Waals surface area (Å²) in [7, 11) is 0. The molecule has 7 aromatic rings. The quantitative estimate of drug-likeness (QED) is 0.143. The van der Waals surface area contributed by atoms with Crippen molar-refractivity contribution in [1.82, 2.24) is 9.97 Å². The summed E-state index contributed by atoms with van der Waals surface area (Å²) >= 11 is -2.52. The van der Waals surface area contributed by atoms with E-state index in [4.69, 9.17) is 14.7 Å². The average molecular weight is 891 g/mol. The first kappa shape index (κ1) is 36.7. The van der Waals surface area contributed by atoms with Gasteiger partial charge in [0.15, 0.2) is 0 Å². The van der Waals surface area contributed by atoms with Crippen LogP contribution in [0.5, 0.6) is 11.5 Å². The van der Waals surface area contributed by atoms with Crippen molar-refractivity contribution < 1.29 is 4.74 Å². The van der Waals surface area contributed by atoms with Crippen LogP contribution in [0.2, 0.25) is 0 Å². The minimum absolute atomic E-state index is 0.0713. The zero-order valence-electron chi connectivity index (χ0n) is 32.2. The Morgan fingerprint density at radius 2 is 1.09 bits per heavy atom. The third-order valence-corrected chi connectivity index (χ3v) is 19.3. The van der Waals surface area contributed by atoms with Crippen LogP contribution in [0, 0.1) is 0 Å². The molecule has 0 amide bonds. The Balaban J connectivity index is 1.32. The minimum atomic E-state index is -2.52. The molecule has 3 nitrogen and oxygen atoms in total. The van der Waals surface area contributed by atoms with E-state index < -0.39 is 21.8 Å². The second kappa shape index (κ2) is 15.0. The predicted molar refractivity (Wildman–Crippen MR) is 226 cm³/mol. The summed E-state index contributed by atoms with van der Waals surface area (Å²) in [4.78, 5) is 9.80. The Hall–Kier alpha value is -4.66. The smallest absolute Gasteiger partial charge is 0.0561 e. The summed E-state index contributed by atoms with van der Waals surface area (Å²) in [5.41, 5.74) is 7.54. The number of nitrogens with zero attached hydrogens (tertiary/aromatic N) is 2. The molecule has 7 rings (SSSR count). The van der Waals surface area contributed by atoms with Crippen molar-refractivity contribution >= 4 is 42.3 Å². The molecule has 2 aromatic heterocycles. The number of aromatic nitrogens is 2. The number of fused-ring (bicyclic) bond motifs is 1. The Morgan fingerprint density at radius 3 is 1.68 bits per heavy atom. The van der Waals surface area contributed by atoms with Crippen molar-refractivity contribution in [3.05, 3.63) is 163 Å². The molecule has 266 valence electrons. The SMILES string of the molecule is CC(C)c1ccnc(-c2cc(Oc3cc(-c4nccc5c[c]([Bi]([c]6ccccc6)[c]6ccccc6)ccc45)cc(C(C)(C)C)c3)cc(C(C)(C)C)c2)c1. The van der Waals surface area contributed by atoms with Crippen LogP contribution in [0.1, 0.15) is 78.0 Å².